The van der Waals surface area contributed by atoms with Gasteiger partial charge in [-0.1, -0.05) is 55.5 Å². The lowest BCUT2D eigenvalue weighted by Gasteiger charge is -2.06. The second-order valence-electron chi connectivity index (χ2n) is 6.91. The number of aromatic nitrogens is 4. The fourth-order valence-corrected chi connectivity index (χ4v) is 4.80. The number of amides is 1. The Balaban J connectivity index is 1.65. The average molecular weight is 426 g/mol. The normalized spacial score (nSPS) is 11.3. The molecule has 0 spiro atoms. The summed E-state index contributed by atoms with van der Waals surface area (Å²) in [7, 11) is 0. The van der Waals surface area contributed by atoms with Crippen LogP contribution in [0.3, 0.4) is 0 Å². The Kier molecular flexibility index (Phi) is 5.25. The smallest absolute Gasteiger partial charge is 0.263 e. The number of nitrogens with one attached hydrogen (secondary N) is 1. The van der Waals surface area contributed by atoms with Gasteiger partial charge in [-0.25, -0.2) is 4.98 Å². The lowest BCUT2D eigenvalue weighted by molar-refractivity contribution is -0.116. The molecule has 0 saturated heterocycles. The van der Waals surface area contributed by atoms with Gasteiger partial charge in [0, 0.05) is 16.4 Å². The lowest BCUT2D eigenvalue weighted by Crippen LogP contribution is -2.27. The number of thiophene rings is 1. The van der Waals surface area contributed by atoms with Gasteiger partial charge in [-0.2, -0.15) is 0 Å². The van der Waals surface area contributed by atoms with E-state index >= 15 is 0 Å². The number of anilines is 1. The summed E-state index contributed by atoms with van der Waals surface area (Å²) in [5.74, 6) is -0.0986. The standard InChI is InChI=1S/C20H19N5O2S2/c1-11(2)17-23-24-20(29-17)22-14(26)9-25-10-21-18-16(19(25)27)15(12(3)28-18)13-7-5-4-6-8-13/h4-8,10-11H,9H2,1-3H3,(H,22,24,26). The first kappa shape index (κ1) is 19.4. The van der Waals surface area contributed by atoms with E-state index in [1.54, 1.807) is 0 Å². The van der Waals surface area contributed by atoms with Crippen LogP contribution in [0.1, 0.15) is 29.7 Å². The highest BCUT2D eigenvalue weighted by Crippen LogP contribution is 2.35. The Hall–Kier alpha value is -2.91. The largest absolute Gasteiger partial charge is 0.299 e. The summed E-state index contributed by atoms with van der Waals surface area (Å²) in [5.41, 5.74) is 1.62. The number of aryl methyl sites for hydroxylation is 1. The summed E-state index contributed by atoms with van der Waals surface area (Å²) in [6.07, 6.45) is 1.43. The van der Waals surface area contributed by atoms with Crippen molar-refractivity contribution in [2.24, 2.45) is 0 Å². The zero-order valence-corrected chi connectivity index (χ0v) is 17.8. The van der Waals surface area contributed by atoms with Crippen LogP contribution in [0.5, 0.6) is 0 Å². The number of nitrogens with zero attached hydrogens (tertiary/aromatic N) is 4. The van der Waals surface area contributed by atoms with Crippen LogP contribution in [-0.2, 0) is 11.3 Å². The van der Waals surface area contributed by atoms with Crippen LogP contribution >= 0.6 is 22.7 Å². The minimum absolute atomic E-state index is 0.137. The number of fused-ring (bicyclic) bond motifs is 1. The first-order chi connectivity index (χ1) is 13.9. The maximum Gasteiger partial charge on any atom is 0.263 e. The predicted octanol–water partition coefficient (Wildman–Crippen LogP) is 4.05. The Labute approximate surface area is 175 Å². The van der Waals surface area contributed by atoms with E-state index in [9.17, 15) is 9.59 Å². The molecule has 0 saturated carbocycles. The molecule has 0 atom stereocenters. The Morgan fingerprint density at radius 1 is 1.17 bits per heavy atom. The van der Waals surface area contributed by atoms with E-state index in [1.165, 1.54) is 33.6 Å². The van der Waals surface area contributed by atoms with Crippen molar-refractivity contribution < 1.29 is 4.79 Å². The van der Waals surface area contributed by atoms with Gasteiger partial charge in [0.2, 0.25) is 11.0 Å². The second-order valence-corrected chi connectivity index (χ2v) is 9.12. The van der Waals surface area contributed by atoms with Crippen molar-refractivity contribution in [2.45, 2.75) is 33.2 Å². The quantitative estimate of drug-likeness (QED) is 0.521. The number of carbonyl (C=O) groups excluding carboxylic acids is 1. The van der Waals surface area contributed by atoms with Gasteiger partial charge in [-0.05, 0) is 12.5 Å². The molecule has 0 aliphatic rings. The van der Waals surface area contributed by atoms with Gasteiger partial charge in [-0.3, -0.25) is 19.5 Å². The zero-order valence-electron chi connectivity index (χ0n) is 16.2. The minimum atomic E-state index is -0.340. The van der Waals surface area contributed by atoms with Crippen molar-refractivity contribution in [3.63, 3.8) is 0 Å². The highest BCUT2D eigenvalue weighted by Gasteiger charge is 2.18. The molecule has 4 aromatic rings. The summed E-state index contributed by atoms with van der Waals surface area (Å²) in [6.45, 7) is 5.87. The molecule has 0 fully saturated rings. The fraction of sp³-hybridized carbons (Fsp3) is 0.250. The van der Waals surface area contributed by atoms with Crippen LogP contribution in [-0.4, -0.2) is 25.7 Å². The molecule has 7 nitrogen and oxygen atoms in total. The van der Waals surface area contributed by atoms with Crippen LogP contribution in [0.4, 0.5) is 5.13 Å². The van der Waals surface area contributed by atoms with Crippen molar-refractivity contribution in [1.82, 2.24) is 19.7 Å². The van der Waals surface area contributed by atoms with Gasteiger partial charge in [0.25, 0.3) is 5.56 Å². The maximum absolute atomic E-state index is 13.1. The minimum Gasteiger partial charge on any atom is -0.299 e. The molecule has 3 aromatic heterocycles. The third-order valence-electron chi connectivity index (χ3n) is 4.41. The summed E-state index contributed by atoms with van der Waals surface area (Å²) in [4.78, 5) is 31.7. The van der Waals surface area contributed by atoms with Crippen molar-refractivity contribution in [1.29, 1.82) is 0 Å². The van der Waals surface area contributed by atoms with Gasteiger partial charge < -0.3 is 0 Å². The summed E-state index contributed by atoms with van der Waals surface area (Å²) >= 11 is 2.82. The molecule has 29 heavy (non-hydrogen) atoms. The SMILES string of the molecule is Cc1sc2ncn(CC(=O)Nc3nnc(C(C)C)s3)c(=O)c2c1-c1ccccc1. The number of rotatable bonds is 5. The molecule has 0 aliphatic heterocycles. The molecule has 1 amide bonds. The number of carbonyl (C=O) groups is 1. The molecule has 0 aliphatic carbocycles. The van der Waals surface area contributed by atoms with E-state index < -0.39 is 0 Å². The first-order valence-corrected chi connectivity index (χ1v) is 10.7. The lowest BCUT2D eigenvalue weighted by atomic mass is 10.0. The molecule has 1 N–H and O–H groups in total. The Bertz CT molecular complexity index is 1240. The molecular weight excluding hydrogens is 406 g/mol. The summed E-state index contributed by atoms with van der Waals surface area (Å²) in [5, 5.41) is 12.6. The molecule has 148 valence electrons. The topological polar surface area (TPSA) is 89.8 Å². The van der Waals surface area contributed by atoms with Crippen LogP contribution in [0.25, 0.3) is 21.3 Å². The van der Waals surface area contributed by atoms with Crippen molar-refractivity contribution in [3.05, 3.63) is 56.9 Å². The van der Waals surface area contributed by atoms with Crippen molar-refractivity contribution in [2.75, 3.05) is 5.32 Å². The summed E-state index contributed by atoms with van der Waals surface area (Å²) < 4.78 is 1.33. The maximum atomic E-state index is 13.1. The summed E-state index contributed by atoms with van der Waals surface area (Å²) in [6, 6.07) is 9.76. The van der Waals surface area contributed by atoms with Crippen LogP contribution in [0, 0.1) is 6.92 Å². The van der Waals surface area contributed by atoms with E-state index in [0.29, 0.717) is 15.3 Å². The monoisotopic (exact) mass is 425 g/mol. The van der Waals surface area contributed by atoms with E-state index in [1.807, 2.05) is 51.1 Å². The fourth-order valence-electron chi connectivity index (χ4n) is 3.03. The van der Waals surface area contributed by atoms with Crippen LogP contribution < -0.4 is 10.9 Å². The van der Waals surface area contributed by atoms with E-state index in [-0.39, 0.29) is 23.9 Å². The van der Waals surface area contributed by atoms with Crippen LogP contribution in [0.2, 0.25) is 0 Å². The van der Waals surface area contributed by atoms with Gasteiger partial charge in [0.05, 0.1) is 11.7 Å². The third-order valence-corrected chi connectivity index (χ3v) is 6.56. The molecule has 1 aromatic carbocycles. The average Bonchev–Trinajstić information content (AvgIpc) is 3.29. The Morgan fingerprint density at radius 2 is 1.93 bits per heavy atom. The van der Waals surface area contributed by atoms with Gasteiger partial charge >= 0.3 is 0 Å². The molecule has 9 heteroatoms. The number of benzene rings is 1. The predicted molar refractivity (Wildman–Crippen MR) is 117 cm³/mol. The molecule has 4 rings (SSSR count). The van der Waals surface area contributed by atoms with E-state index in [0.717, 1.165) is 21.0 Å². The Morgan fingerprint density at radius 3 is 2.62 bits per heavy atom. The third kappa shape index (κ3) is 3.83. The number of hydrogen-bond acceptors (Lipinski definition) is 7. The molecular formula is C20H19N5O2S2. The zero-order chi connectivity index (χ0) is 20.5. The van der Waals surface area contributed by atoms with Gasteiger partial charge in [-0.15, -0.1) is 21.5 Å². The molecule has 3 heterocycles. The number of hydrogen-bond donors (Lipinski definition) is 1. The van der Waals surface area contributed by atoms with Crippen LogP contribution in [0.15, 0.2) is 41.5 Å². The molecule has 0 unspecified atom stereocenters. The second kappa shape index (κ2) is 7.84. The first-order valence-electron chi connectivity index (χ1n) is 9.11. The van der Waals surface area contributed by atoms with Gasteiger partial charge in [0.15, 0.2) is 0 Å². The van der Waals surface area contributed by atoms with Crippen molar-refractivity contribution >= 4 is 43.9 Å². The van der Waals surface area contributed by atoms with Gasteiger partial charge in [0.1, 0.15) is 16.4 Å². The van der Waals surface area contributed by atoms with E-state index in [2.05, 4.69) is 20.5 Å². The molecule has 0 radical (unpaired) electrons. The highest BCUT2D eigenvalue weighted by molar-refractivity contribution is 7.19. The highest BCUT2D eigenvalue weighted by atomic mass is 32.1. The van der Waals surface area contributed by atoms with E-state index in [4.69, 9.17) is 0 Å². The molecule has 0 bridgehead atoms. The van der Waals surface area contributed by atoms with Crippen molar-refractivity contribution in [3.8, 4) is 11.1 Å².